The van der Waals surface area contributed by atoms with Crippen LogP contribution >= 0.6 is 0 Å². The fourth-order valence-electron chi connectivity index (χ4n) is 1.62. The minimum atomic E-state index is -1.12. The first-order valence-corrected chi connectivity index (χ1v) is 4.53. The summed E-state index contributed by atoms with van der Waals surface area (Å²) in [5.41, 5.74) is 4.27. The number of hydrogen-bond acceptors (Lipinski definition) is 1. The molecule has 2 N–H and O–H groups in total. The fourth-order valence-corrected chi connectivity index (χ4v) is 1.62. The van der Waals surface area contributed by atoms with Gasteiger partial charge in [0.15, 0.2) is 0 Å². The van der Waals surface area contributed by atoms with Gasteiger partial charge in [-0.1, -0.05) is 33.6 Å². The summed E-state index contributed by atoms with van der Waals surface area (Å²) < 4.78 is 13.8. The minimum absolute atomic E-state index is 0.137. The minimum Gasteiger partial charge on any atom is -0.328 e. The first-order valence-electron chi connectivity index (χ1n) is 4.53. The van der Waals surface area contributed by atoms with Gasteiger partial charge < -0.3 is 5.73 Å². The zero-order valence-corrected chi connectivity index (χ0v) is 7.86. The highest BCUT2D eigenvalue weighted by molar-refractivity contribution is 4.85. The van der Waals surface area contributed by atoms with Gasteiger partial charge in [-0.15, -0.1) is 0 Å². The zero-order chi connectivity index (χ0) is 8.91. The van der Waals surface area contributed by atoms with Crippen LogP contribution in [0.2, 0.25) is 0 Å². The lowest BCUT2D eigenvalue weighted by molar-refractivity contribution is 0.0792. The average Bonchev–Trinajstić information content (AvgIpc) is 2.06. The molecule has 0 aliphatic heterocycles. The smallest absolute Gasteiger partial charge is 0.125 e. The van der Waals surface area contributed by atoms with E-state index in [-0.39, 0.29) is 12.5 Å². The van der Waals surface area contributed by atoms with E-state index < -0.39 is 5.67 Å². The van der Waals surface area contributed by atoms with Gasteiger partial charge in [-0.3, -0.25) is 0 Å². The average molecular weight is 161 g/mol. The van der Waals surface area contributed by atoms with E-state index >= 15 is 0 Å². The highest BCUT2D eigenvalue weighted by atomic mass is 19.1. The van der Waals surface area contributed by atoms with Gasteiger partial charge in [0.05, 0.1) is 0 Å². The maximum absolute atomic E-state index is 13.8. The number of hydrogen-bond donors (Lipinski definition) is 1. The number of rotatable bonds is 5. The van der Waals surface area contributed by atoms with Gasteiger partial charge >= 0.3 is 0 Å². The van der Waals surface area contributed by atoms with Gasteiger partial charge in [0.25, 0.3) is 0 Å². The van der Waals surface area contributed by atoms with Crippen LogP contribution in [0, 0.1) is 5.92 Å². The van der Waals surface area contributed by atoms with Gasteiger partial charge in [0.2, 0.25) is 0 Å². The molecule has 0 aromatic heterocycles. The second-order valence-corrected chi connectivity index (χ2v) is 3.11. The predicted octanol–water partition coefficient (Wildman–Crippen LogP) is 2.50. The predicted molar refractivity (Wildman–Crippen MR) is 47.3 cm³/mol. The first kappa shape index (κ1) is 10.9. The van der Waals surface area contributed by atoms with E-state index in [2.05, 4.69) is 0 Å². The highest BCUT2D eigenvalue weighted by Gasteiger charge is 2.33. The Morgan fingerprint density at radius 2 is 1.73 bits per heavy atom. The molecule has 0 aliphatic carbocycles. The third kappa shape index (κ3) is 2.44. The van der Waals surface area contributed by atoms with Crippen LogP contribution in [0.5, 0.6) is 0 Å². The van der Waals surface area contributed by atoms with Crippen molar-refractivity contribution in [2.75, 3.05) is 6.54 Å². The normalized spacial score (nSPS) is 16.9. The molecular weight excluding hydrogens is 141 g/mol. The summed E-state index contributed by atoms with van der Waals surface area (Å²) in [6.45, 7) is 6.07. The molecule has 0 aromatic rings. The second-order valence-electron chi connectivity index (χ2n) is 3.11. The Balaban J connectivity index is 4.19. The number of alkyl halides is 1. The molecule has 68 valence electrons. The standard InChI is InChI=1S/C9H20FN/c1-4-8(5-2)9(10,6-3)7-11/h8H,4-7,11H2,1-3H3. The van der Waals surface area contributed by atoms with Crippen LogP contribution in [-0.4, -0.2) is 12.2 Å². The molecule has 0 bridgehead atoms. The highest BCUT2D eigenvalue weighted by Crippen LogP contribution is 2.30. The molecule has 0 spiro atoms. The van der Waals surface area contributed by atoms with Crippen LogP contribution < -0.4 is 5.73 Å². The van der Waals surface area contributed by atoms with Crippen molar-refractivity contribution >= 4 is 0 Å². The van der Waals surface area contributed by atoms with Crippen LogP contribution in [0.15, 0.2) is 0 Å². The van der Waals surface area contributed by atoms with Crippen molar-refractivity contribution in [3.8, 4) is 0 Å². The summed E-state index contributed by atoms with van der Waals surface area (Å²) >= 11 is 0. The van der Waals surface area contributed by atoms with E-state index in [1.807, 2.05) is 20.8 Å². The summed E-state index contributed by atoms with van der Waals surface area (Å²) in [6.07, 6.45) is 2.31. The Labute approximate surface area is 69.2 Å². The SMILES string of the molecule is CCC(CC)C(F)(CC)CN. The summed E-state index contributed by atoms with van der Waals surface area (Å²) in [5, 5.41) is 0. The quantitative estimate of drug-likeness (QED) is 0.658. The lowest BCUT2D eigenvalue weighted by Gasteiger charge is -2.30. The Morgan fingerprint density at radius 1 is 1.27 bits per heavy atom. The molecule has 1 atom stereocenters. The van der Waals surface area contributed by atoms with Crippen LogP contribution in [0.3, 0.4) is 0 Å². The molecule has 0 saturated heterocycles. The molecule has 0 fully saturated rings. The Morgan fingerprint density at radius 3 is 1.82 bits per heavy atom. The van der Waals surface area contributed by atoms with E-state index in [0.29, 0.717) is 6.42 Å². The summed E-state index contributed by atoms with van der Waals surface area (Å²) in [4.78, 5) is 0. The molecule has 0 amide bonds. The molecule has 0 radical (unpaired) electrons. The first-order chi connectivity index (χ1) is 5.14. The number of halogens is 1. The van der Waals surface area contributed by atoms with Crippen molar-refractivity contribution in [2.24, 2.45) is 11.7 Å². The lowest BCUT2D eigenvalue weighted by Crippen LogP contribution is -2.39. The van der Waals surface area contributed by atoms with Gasteiger partial charge in [0.1, 0.15) is 5.67 Å². The Bertz CT molecular complexity index is 95.7. The van der Waals surface area contributed by atoms with E-state index in [0.717, 1.165) is 12.8 Å². The Kier molecular flexibility index (Phi) is 4.66. The molecule has 2 heteroatoms. The summed E-state index contributed by atoms with van der Waals surface area (Å²) in [6, 6.07) is 0. The topological polar surface area (TPSA) is 26.0 Å². The zero-order valence-electron chi connectivity index (χ0n) is 7.86. The second kappa shape index (κ2) is 4.70. The van der Waals surface area contributed by atoms with E-state index in [4.69, 9.17) is 5.73 Å². The van der Waals surface area contributed by atoms with Crippen LogP contribution in [0.25, 0.3) is 0 Å². The van der Waals surface area contributed by atoms with Crippen LogP contribution in [0.4, 0.5) is 4.39 Å². The monoisotopic (exact) mass is 161 g/mol. The molecule has 1 unspecified atom stereocenters. The molecular formula is C9H20FN. The van der Waals surface area contributed by atoms with Crippen LogP contribution in [-0.2, 0) is 0 Å². The molecule has 11 heavy (non-hydrogen) atoms. The van der Waals surface area contributed by atoms with Crippen molar-refractivity contribution in [2.45, 2.75) is 45.7 Å². The molecule has 1 nitrogen and oxygen atoms in total. The van der Waals surface area contributed by atoms with E-state index in [1.165, 1.54) is 0 Å². The molecule has 0 rings (SSSR count). The van der Waals surface area contributed by atoms with Crippen LogP contribution in [0.1, 0.15) is 40.0 Å². The van der Waals surface area contributed by atoms with Crippen molar-refractivity contribution in [3.05, 3.63) is 0 Å². The Hall–Kier alpha value is -0.110. The molecule has 0 saturated carbocycles. The van der Waals surface area contributed by atoms with Crippen molar-refractivity contribution in [1.82, 2.24) is 0 Å². The van der Waals surface area contributed by atoms with Gasteiger partial charge in [-0.2, -0.15) is 0 Å². The molecule has 0 aliphatic rings. The van der Waals surface area contributed by atoms with Gasteiger partial charge in [-0.25, -0.2) is 4.39 Å². The number of nitrogens with two attached hydrogens (primary N) is 1. The summed E-state index contributed by atoms with van der Waals surface area (Å²) in [7, 11) is 0. The summed E-state index contributed by atoms with van der Waals surface area (Å²) in [5.74, 6) is 0.137. The van der Waals surface area contributed by atoms with E-state index in [1.54, 1.807) is 0 Å². The maximum atomic E-state index is 13.8. The van der Waals surface area contributed by atoms with Gasteiger partial charge in [-0.05, 0) is 12.3 Å². The maximum Gasteiger partial charge on any atom is 0.125 e. The fraction of sp³-hybridized carbons (Fsp3) is 1.00. The third-order valence-electron chi connectivity index (χ3n) is 2.64. The molecule has 0 aromatic carbocycles. The third-order valence-corrected chi connectivity index (χ3v) is 2.64. The largest absolute Gasteiger partial charge is 0.328 e. The van der Waals surface area contributed by atoms with Crippen molar-refractivity contribution in [1.29, 1.82) is 0 Å². The van der Waals surface area contributed by atoms with E-state index in [9.17, 15) is 4.39 Å². The van der Waals surface area contributed by atoms with Crippen molar-refractivity contribution < 1.29 is 4.39 Å². The molecule has 0 heterocycles. The van der Waals surface area contributed by atoms with Gasteiger partial charge in [0, 0.05) is 6.54 Å². The lowest BCUT2D eigenvalue weighted by atomic mass is 9.83. The van der Waals surface area contributed by atoms with Crippen molar-refractivity contribution in [3.63, 3.8) is 0 Å².